The summed E-state index contributed by atoms with van der Waals surface area (Å²) in [6.45, 7) is -0.190. The minimum atomic E-state index is -0.658. The maximum atomic E-state index is 12.4. The standard InChI is InChI=1S/C23H17BrCl2N2O5/c1-31-21-10-14(12-27-28-22(29)13-32-17-6-3-15(24)4-7-17)2-9-20(21)33-23(30)18-8-5-16(25)11-19(18)26/h2-12H,13H2,1H3,(H,28,29)/b27-12+. The molecule has 0 aliphatic heterocycles. The predicted molar refractivity (Wildman–Crippen MR) is 130 cm³/mol. The first-order chi connectivity index (χ1) is 15.9. The first-order valence-corrected chi connectivity index (χ1v) is 11.0. The molecule has 3 rings (SSSR count). The van der Waals surface area contributed by atoms with Gasteiger partial charge in [0.05, 0.1) is 23.9 Å². The number of hydrazone groups is 1. The van der Waals surface area contributed by atoms with Gasteiger partial charge in [-0.05, 0) is 66.2 Å². The van der Waals surface area contributed by atoms with E-state index in [0.29, 0.717) is 22.1 Å². The van der Waals surface area contributed by atoms with Gasteiger partial charge in [0.2, 0.25) is 0 Å². The summed E-state index contributed by atoms with van der Waals surface area (Å²) in [6, 6.07) is 16.3. The van der Waals surface area contributed by atoms with Crippen molar-refractivity contribution in [3.05, 3.63) is 86.3 Å². The Morgan fingerprint density at radius 1 is 1.03 bits per heavy atom. The Bertz CT molecular complexity index is 1190. The lowest BCUT2D eigenvalue weighted by atomic mass is 10.2. The second-order valence-electron chi connectivity index (χ2n) is 6.46. The van der Waals surface area contributed by atoms with E-state index in [1.54, 1.807) is 36.4 Å². The van der Waals surface area contributed by atoms with E-state index >= 15 is 0 Å². The van der Waals surface area contributed by atoms with Crippen LogP contribution in [0.4, 0.5) is 0 Å². The van der Waals surface area contributed by atoms with E-state index in [9.17, 15) is 9.59 Å². The number of hydrogen-bond acceptors (Lipinski definition) is 6. The Kier molecular flexibility index (Phi) is 8.71. The fraction of sp³-hybridized carbons (Fsp3) is 0.0870. The summed E-state index contributed by atoms with van der Waals surface area (Å²) in [7, 11) is 1.43. The molecular weight excluding hydrogens is 535 g/mol. The lowest BCUT2D eigenvalue weighted by Gasteiger charge is -2.10. The molecule has 0 radical (unpaired) electrons. The van der Waals surface area contributed by atoms with Crippen LogP contribution in [0.25, 0.3) is 0 Å². The summed E-state index contributed by atoms with van der Waals surface area (Å²) in [4.78, 5) is 24.3. The number of methoxy groups -OCH3 is 1. The van der Waals surface area contributed by atoms with E-state index in [1.165, 1.54) is 25.5 Å². The third-order valence-electron chi connectivity index (χ3n) is 4.13. The number of nitrogens with zero attached hydrogens (tertiary/aromatic N) is 1. The third kappa shape index (κ3) is 7.21. The number of rotatable bonds is 8. The van der Waals surface area contributed by atoms with Crippen LogP contribution in [0.5, 0.6) is 17.2 Å². The second kappa shape index (κ2) is 11.7. The summed E-state index contributed by atoms with van der Waals surface area (Å²) in [5, 5.41) is 4.48. The Morgan fingerprint density at radius 3 is 2.48 bits per heavy atom. The average molecular weight is 552 g/mol. The molecule has 0 bridgehead atoms. The van der Waals surface area contributed by atoms with Crippen molar-refractivity contribution in [3.8, 4) is 17.2 Å². The molecule has 0 unspecified atom stereocenters. The summed E-state index contributed by atoms with van der Waals surface area (Å²) in [5.74, 6) is -0.0343. The predicted octanol–water partition coefficient (Wildman–Crippen LogP) is 5.51. The molecule has 0 aliphatic carbocycles. The van der Waals surface area contributed by atoms with Gasteiger partial charge in [0.25, 0.3) is 5.91 Å². The van der Waals surface area contributed by atoms with Crippen LogP contribution in [0.2, 0.25) is 10.0 Å². The van der Waals surface area contributed by atoms with Gasteiger partial charge in [0.15, 0.2) is 18.1 Å². The molecule has 0 saturated heterocycles. The molecule has 33 heavy (non-hydrogen) atoms. The van der Waals surface area contributed by atoms with Gasteiger partial charge >= 0.3 is 5.97 Å². The Labute approximate surface area is 208 Å². The maximum absolute atomic E-state index is 12.4. The van der Waals surface area contributed by atoms with E-state index in [1.807, 2.05) is 12.1 Å². The van der Waals surface area contributed by atoms with E-state index in [2.05, 4.69) is 26.5 Å². The molecule has 170 valence electrons. The molecule has 0 aromatic heterocycles. The van der Waals surface area contributed by atoms with Crippen LogP contribution in [0, 0.1) is 0 Å². The van der Waals surface area contributed by atoms with Gasteiger partial charge in [-0.25, -0.2) is 10.2 Å². The fourth-order valence-corrected chi connectivity index (χ4v) is 3.30. The highest BCUT2D eigenvalue weighted by molar-refractivity contribution is 9.10. The number of carbonyl (C=O) groups excluding carboxylic acids is 2. The van der Waals surface area contributed by atoms with Crippen molar-refractivity contribution in [1.29, 1.82) is 0 Å². The Hall–Kier alpha value is -3.07. The van der Waals surface area contributed by atoms with Crippen LogP contribution in [-0.2, 0) is 4.79 Å². The Balaban J connectivity index is 1.58. The highest BCUT2D eigenvalue weighted by Crippen LogP contribution is 2.30. The summed E-state index contributed by atoms with van der Waals surface area (Å²) >= 11 is 15.2. The van der Waals surface area contributed by atoms with Crippen molar-refractivity contribution in [2.24, 2.45) is 5.10 Å². The number of nitrogens with one attached hydrogen (secondary N) is 1. The highest BCUT2D eigenvalue weighted by Gasteiger charge is 2.16. The normalized spacial score (nSPS) is 10.7. The topological polar surface area (TPSA) is 86.2 Å². The molecule has 3 aromatic rings. The van der Waals surface area contributed by atoms with Crippen molar-refractivity contribution in [1.82, 2.24) is 5.43 Å². The first kappa shape index (κ1) is 24.6. The van der Waals surface area contributed by atoms with Crippen LogP contribution in [0.15, 0.2) is 70.2 Å². The molecule has 7 nitrogen and oxygen atoms in total. The Morgan fingerprint density at radius 2 is 1.79 bits per heavy atom. The number of carbonyl (C=O) groups is 2. The second-order valence-corrected chi connectivity index (χ2v) is 8.22. The van der Waals surface area contributed by atoms with E-state index in [4.69, 9.17) is 37.4 Å². The lowest BCUT2D eigenvalue weighted by molar-refractivity contribution is -0.123. The number of ether oxygens (including phenoxy) is 3. The largest absolute Gasteiger partial charge is 0.493 e. The highest BCUT2D eigenvalue weighted by atomic mass is 79.9. The molecule has 0 aliphatic rings. The summed E-state index contributed by atoms with van der Waals surface area (Å²) in [6.07, 6.45) is 1.42. The van der Waals surface area contributed by atoms with Crippen molar-refractivity contribution in [3.63, 3.8) is 0 Å². The quantitative estimate of drug-likeness (QED) is 0.172. The van der Waals surface area contributed by atoms with E-state index < -0.39 is 11.9 Å². The minimum Gasteiger partial charge on any atom is -0.493 e. The average Bonchev–Trinajstić information content (AvgIpc) is 2.79. The number of benzene rings is 3. The van der Waals surface area contributed by atoms with Crippen LogP contribution in [-0.4, -0.2) is 31.8 Å². The molecule has 1 N–H and O–H groups in total. The zero-order valence-electron chi connectivity index (χ0n) is 17.2. The van der Waals surface area contributed by atoms with Gasteiger partial charge in [-0.3, -0.25) is 4.79 Å². The smallest absolute Gasteiger partial charge is 0.345 e. The van der Waals surface area contributed by atoms with Crippen LogP contribution in [0.3, 0.4) is 0 Å². The van der Waals surface area contributed by atoms with Gasteiger partial charge in [-0.2, -0.15) is 5.10 Å². The van der Waals surface area contributed by atoms with Gasteiger partial charge < -0.3 is 14.2 Å². The molecule has 0 fully saturated rings. The molecule has 0 saturated carbocycles. The molecule has 10 heteroatoms. The minimum absolute atomic E-state index is 0.168. The summed E-state index contributed by atoms with van der Waals surface area (Å²) < 4.78 is 17.0. The van der Waals surface area contributed by atoms with E-state index in [-0.39, 0.29) is 22.9 Å². The molecule has 1 amide bonds. The van der Waals surface area contributed by atoms with Crippen LogP contribution >= 0.6 is 39.1 Å². The van der Waals surface area contributed by atoms with Crippen molar-refractivity contribution in [2.75, 3.05) is 13.7 Å². The SMILES string of the molecule is COc1cc(/C=N/NC(=O)COc2ccc(Br)cc2)ccc1OC(=O)c1ccc(Cl)cc1Cl. The molecule has 0 heterocycles. The van der Waals surface area contributed by atoms with Crippen molar-refractivity contribution in [2.45, 2.75) is 0 Å². The molecular formula is C23H17BrCl2N2O5. The fourth-order valence-electron chi connectivity index (χ4n) is 2.55. The molecule has 0 spiro atoms. The number of amides is 1. The third-order valence-corrected chi connectivity index (χ3v) is 5.20. The van der Waals surface area contributed by atoms with Crippen LogP contribution < -0.4 is 19.6 Å². The zero-order valence-corrected chi connectivity index (χ0v) is 20.3. The zero-order chi connectivity index (χ0) is 23.8. The number of esters is 1. The van der Waals surface area contributed by atoms with Gasteiger partial charge in [-0.15, -0.1) is 0 Å². The van der Waals surface area contributed by atoms with Gasteiger partial charge in [0.1, 0.15) is 5.75 Å². The molecule has 0 atom stereocenters. The van der Waals surface area contributed by atoms with Gasteiger partial charge in [0, 0.05) is 9.50 Å². The van der Waals surface area contributed by atoms with Gasteiger partial charge in [-0.1, -0.05) is 39.1 Å². The van der Waals surface area contributed by atoms with E-state index in [0.717, 1.165) is 4.47 Å². The summed E-state index contributed by atoms with van der Waals surface area (Å²) in [5.41, 5.74) is 3.14. The lowest BCUT2D eigenvalue weighted by Crippen LogP contribution is -2.24. The van der Waals surface area contributed by atoms with Crippen LogP contribution in [0.1, 0.15) is 15.9 Å². The number of halogens is 3. The van der Waals surface area contributed by atoms with Crippen molar-refractivity contribution < 1.29 is 23.8 Å². The molecule has 3 aromatic carbocycles. The van der Waals surface area contributed by atoms with Crippen molar-refractivity contribution >= 4 is 57.2 Å². The maximum Gasteiger partial charge on any atom is 0.345 e. The number of hydrogen-bond donors (Lipinski definition) is 1. The first-order valence-electron chi connectivity index (χ1n) is 9.41. The monoisotopic (exact) mass is 550 g/mol.